The van der Waals surface area contributed by atoms with Crippen molar-refractivity contribution in [3.05, 3.63) is 52.2 Å². The third-order valence-corrected chi connectivity index (χ3v) is 4.64. The lowest BCUT2D eigenvalue weighted by Crippen LogP contribution is -2.01. The van der Waals surface area contributed by atoms with Crippen LogP contribution in [0, 0.1) is 0 Å². The second-order valence-corrected chi connectivity index (χ2v) is 6.59. The van der Waals surface area contributed by atoms with Gasteiger partial charge in [0.25, 0.3) is 0 Å². The van der Waals surface area contributed by atoms with Crippen LogP contribution in [-0.4, -0.2) is 17.7 Å². The van der Waals surface area contributed by atoms with Crippen molar-refractivity contribution in [3.63, 3.8) is 0 Å². The van der Waals surface area contributed by atoms with Gasteiger partial charge in [0.2, 0.25) is 0 Å². The molecule has 0 aliphatic heterocycles. The minimum Gasteiger partial charge on any atom is -0.493 e. The smallest absolute Gasteiger partial charge is 0.337 e. The van der Waals surface area contributed by atoms with E-state index in [-0.39, 0.29) is 0 Å². The van der Waals surface area contributed by atoms with Gasteiger partial charge in [-0.05, 0) is 30.0 Å². The van der Waals surface area contributed by atoms with Crippen molar-refractivity contribution in [2.45, 2.75) is 39.0 Å². The van der Waals surface area contributed by atoms with Gasteiger partial charge in [0.1, 0.15) is 5.75 Å². The first-order valence-electron chi connectivity index (χ1n) is 8.43. The molecule has 0 unspecified atom stereocenters. The van der Waals surface area contributed by atoms with Crippen LogP contribution < -0.4 is 4.74 Å². The highest BCUT2D eigenvalue weighted by atomic mass is 32.1. The van der Waals surface area contributed by atoms with Crippen molar-refractivity contribution in [3.8, 4) is 5.75 Å². The minimum atomic E-state index is -0.924. The predicted octanol–water partition coefficient (Wildman–Crippen LogP) is 5.72. The van der Waals surface area contributed by atoms with Crippen molar-refractivity contribution in [2.24, 2.45) is 0 Å². The van der Waals surface area contributed by atoms with Gasteiger partial charge in [-0.2, -0.15) is 0 Å². The van der Waals surface area contributed by atoms with Crippen molar-refractivity contribution in [1.82, 2.24) is 0 Å². The van der Waals surface area contributed by atoms with Crippen LogP contribution in [0.3, 0.4) is 0 Å². The standard InChI is InChI=1S/C20H24O3S/c1-2-3-4-5-8-13-23-18-11-7-6-10-16(18)15-17(20(21)22)19-12-9-14-24-19/h6-7,9-12,14-15H,2-5,8,13H2,1H3,(H,21,22)/b17-15-. The normalized spacial score (nSPS) is 11.5. The average Bonchev–Trinajstić information content (AvgIpc) is 3.10. The summed E-state index contributed by atoms with van der Waals surface area (Å²) in [5.74, 6) is -0.185. The summed E-state index contributed by atoms with van der Waals surface area (Å²) in [6, 6.07) is 11.3. The highest BCUT2D eigenvalue weighted by molar-refractivity contribution is 7.11. The number of hydrogen-bond donors (Lipinski definition) is 1. The Bertz CT molecular complexity index is 659. The Labute approximate surface area is 147 Å². The number of carbonyl (C=O) groups is 1. The molecule has 0 bridgehead atoms. The van der Waals surface area contributed by atoms with Gasteiger partial charge in [-0.1, -0.05) is 56.9 Å². The maximum atomic E-state index is 11.6. The number of thiophene rings is 1. The van der Waals surface area contributed by atoms with E-state index >= 15 is 0 Å². The molecule has 24 heavy (non-hydrogen) atoms. The number of aliphatic carboxylic acids is 1. The molecule has 4 heteroatoms. The third-order valence-electron chi connectivity index (χ3n) is 3.74. The van der Waals surface area contributed by atoms with E-state index in [1.54, 1.807) is 6.08 Å². The van der Waals surface area contributed by atoms with Crippen LogP contribution in [0.4, 0.5) is 0 Å². The Kier molecular flexibility index (Phi) is 7.56. The largest absolute Gasteiger partial charge is 0.493 e. The number of ether oxygens (including phenoxy) is 1. The van der Waals surface area contributed by atoms with Crippen molar-refractivity contribution in [2.75, 3.05) is 6.61 Å². The first kappa shape index (κ1) is 18.3. The zero-order valence-corrected chi connectivity index (χ0v) is 14.8. The maximum absolute atomic E-state index is 11.6. The zero-order valence-electron chi connectivity index (χ0n) is 14.0. The summed E-state index contributed by atoms with van der Waals surface area (Å²) in [5, 5.41) is 11.4. The summed E-state index contributed by atoms with van der Waals surface area (Å²) in [7, 11) is 0. The monoisotopic (exact) mass is 344 g/mol. The summed E-state index contributed by atoms with van der Waals surface area (Å²) in [5.41, 5.74) is 1.10. The first-order chi connectivity index (χ1) is 11.7. The Balaban J connectivity index is 2.07. The quantitative estimate of drug-likeness (QED) is 0.443. The molecule has 1 heterocycles. The van der Waals surface area contributed by atoms with E-state index in [1.807, 2.05) is 41.8 Å². The number of hydrogen-bond acceptors (Lipinski definition) is 3. The number of carboxylic acids is 1. The molecule has 0 aliphatic rings. The summed E-state index contributed by atoms with van der Waals surface area (Å²) < 4.78 is 5.88. The van der Waals surface area contributed by atoms with Crippen molar-refractivity contribution < 1.29 is 14.6 Å². The van der Waals surface area contributed by atoms with E-state index in [1.165, 1.54) is 37.0 Å². The average molecular weight is 344 g/mol. The van der Waals surface area contributed by atoms with E-state index in [4.69, 9.17) is 4.74 Å². The first-order valence-corrected chi connectivity index (χ1v) is 9.31. The van der Waals surface area contributed by atoms with Crippen LogP contribution >= 0.6 is 11.3 Å². The number of para-hydroxylation sites is 1. The molecule has 1 N–H and O–H groups in total. The highest BCUT2D eigenvalue weighted by Gasteiger charge is 2.13. The molecule has 0 atom stereocenters. The number of benzene rings is 1. The SMILES string of the molecule is CCCCCCCOc1ccccc1/C=C(\C(=O)O)c1cccs1. The molecule has 0 saturated carbocycles. The van der Waals surface area contributed by atoms with Crippen molar-refractivity contribution >= 4 is 29.0 Å². The third kappa shape index (κ3) is 5.53. The van der Waals surface area contributed by atoms with Gasteiger partial charge in [-0.25, -0.2) is 4.79 Å². The van der Waals surface area contributed by atoms with Gasteiger partial charge in [0, 0.05) is 10.4 Å². The molecule has 0 saturated heterocycles. The Morgan fingerprint density at radius 3 is 2.62 bits per heavy atom. The predicted molar refractivity (Wildman–Crippen MR) is 101 cm³/mol. The van der Waals surface area contributed by atoms with Crippen LogP contribution in [0.25, 0.3) is 11.6 Å². The van der Waals surface area contributed by atoms with Gasteiger partial charge in [0.05, 0.1) is 12.2 Å². The molecule has 0 spiro atoms. The minimum absolute atomic E-state index is 0.295. The fourth-order valence-corrected chi connectivity index (χ4v) is 3.18. The summed E-state index contributed by atoms with van der Waals surface area (Å²) >= 11 is 1.42. The second-order valence-electron chi connectivity index (χ2n) is 5.64. The molecule has 0 radical (unpaired) electrons. The molecule has 128 valence electrons. The van der Waals surface area contributed by atoms with E-state index in [9.17, 15) is 9.90 Å². The van der Waals surface area contributed by atoms with Crippen LogP contribution in [0.15, 0.2) is 41.8 Å². The van der Waals surface area contributed by atoms with E-state index < -0.39 is 5.97 Å². The maximum Gasteiger partial charge on any atom is 0.337 e. The molecule has 0 amide bonds. The lowest BCUT2D eigenvalue weighted by atomic mass is 10.1. The molecular weight excluding hydrogens is 320 g/mol. The van der Waals surface area contributed by atoms with Gasteiger partial charge >= 0.3 is 5.97 Å². The number of carboxylic acid groups (broad SMARTS) is 1. The molecule has 2 aromatic rings. The second kappa shape index (κ2) is 9.93. The Hall–Kier alpha value is -2.07. The van der Waals surface area contributed by atoms with Gasteiger partial charge in [-0.3, -0.25) is 0 Å². The zero-order chi connectivity index (χ0) is 17.2. The van der Waals surface area contributed by atoms with E-state index in [2.05, 4.69) is 6.92 Å². The molecule has 1 aromatic carbocycles. The summed E-state index contributed by atoms with van der Waals surface area (Å²) in [6.07, 6.45) is 7.62. The molecule has 2 rings (SSSR count). The van der Waals surface area contributed by atoms with E-state index in [0.717, 1.165) is 22.6 Å². The van der Waals surface area contributed by atoms with Crippen LogP contribution in [0.2, 0.25) is 0 Å². The fourth-order valence-electron chi connectivity index (χ4n) is 2.44. The van der Waals surface area contributed by atoms with Crippen LogP contribution in [-0.2, 0) is 4.79 Å². The van der Waals surface area contributed by atoms with Crippen LogP contribution in [0.1, 0.15) is 49.5 Å². The Morgan fingerprint density at radius 2 is 1.92 bits per heavy atom. The molecule has 0 aliphatic carbocycles. The highest BCUT2D eigenvalue weighted by Crippen LogP contribution is 2.27. The summed E-state index contributed by atoms with van der Waals surface area (Å²) in [4.78, 5) is 12.3. The summed E-state index contributed by atoms with van der Waals surface area (Å²) in [6.45, 7) is 2.86. The molecule has 1 aromatic heterocycles. The van der Waals surface area contributed by atoms with Crippen molar-refractivity contribution in [1.29, 1.82) is 0 Å². The Morgan fingerprint density at radius 1 is 1.12 bits per heavy atom. The lowest BCUT2D eigenvalue weighted by Gasteiger charge is -2.10. The molecule has 0 fully saturated rings. The van der Waals surface area contributed by atoms with E-state index in [0.29, 0.717) is 12.2 Å². The van der Waals surface area contributed by atoms with Gasteiger partial charge in [-0.15, -0.1) is 11.3 Å². The topological polar surface area (TPSA) is 46.5 Å². The van der Waals surface area contributed by atoms with Crippen LogP contribution in [0.5, 0.6) is 5.75 Å². The fraction of sp³-hybridized carbons (Fsp3) is 0.350. The molecular formula is C20H24O3S. The molecule has 3 nitrogen and oxygen atoms in total. The number of unbranched alkanes of at least 4 members (excludes halogenated alkanes) is 4. The van der Waals surface area contributed by atoms with Gasteiger partial charge < -0.3 is 9.84 Å². The van der Waals surface area contributed by atoms with Gasteiger partial charge in [0.15, 0.2) is 0 Å². The lowest BCUT2D eigenvalue weighted by molar-refractivity contribution is -0.130. The number of rotatable bonds is 10.